The van der Waals surface area contributed by atoms with Crippen LogP contribution in [0.2, 0.25) is 0 Å². The molecule has 0 amide bonds. The third-order valence-corrected chi connectivity index (χ3v) is 3.28. The lowest BCUT2D eigenvalue weighted by Gasteiger charge is -2.26. The van der Waals surface area contributed by atoms with E-state index in [0.29, 0.717) is 0 Å². The third-order valence-electron chi connectivity index (χ3n) is 3.28. The molecule has 0 N–H and O–H groups in total. The van der Waals surface area contributed by atoms with Gasteiger partial charge in [0, 0.05) is 13.1 Å². The highest BCUT2D eigenvalue weighted by Gasteiger charge is 2.05. The first-order chi connectivity index (χ1) is 7.78. The summed E-state index contributed by atoms with van der Waals surface area (Å²) in [5.41, 5.74) is 0. The SMILES string of the molecule is CCCCN(CCCC)CCN(CC)CC. The van der Waals surface area contributed by atoms with Gasteiger partial charge in [0.05, 0.1) is 0 Å². The van der Waals surface area contributed by atoms with Crippen molar-refractivity contribution in [1.82, 2.24) is 9.80 Å². The zero-order valence-electron chi connectivity index (χ0n) is 12.0. The molecule has 0 fully saturated rings. The van der Waals surface area contributed by atoms with Gasteiger partial charge in [-0.15, -0.1) is 0 Å². The van der Waals surface area contributed by atoms with E-state index in [1.165, 1.54) is 65.0 Å². The molecule has 0 spiro atoms. The lowest BCUT2D eigenvalue weighted by molar-refractivity contribution is 0.209. The molecule has 0 aliphatic heterocycles. The van der Waals surface area contributed by atoms with Crippen molar-refractivity contribution in [3.8, 4) is 0 Å². The first kappa shape index (κ1) is 15.9. The second-order valence-electron chi connectivity index (χ2n) is 4.58. The Kier molecular flexibility index (Phi) is 11.3. The molecule has 0 aromatic rings. The highest BCUT2D eigenvalue weighted by molar-refractivity contribution is 4.61. The molecule has 0 bridgehead atoms. The van der Waals surface area contributed by atoms with Crippen molar-refractivity contribution in [1.29, 1.82) is 0 Å². The Labute approximate surface area is 103 Å². The topological polar surface area (TPSA) is 6.48 Å². The fourth-order valence-corrected chi connectivity index (χ4v) is 1.92. The summed E-state index contributed by atoms with van der Waals surface area (Å²) in [6.07, 6.45) is 5.33. The van der Waals surface area contributed by atoms with Crippen molar-refractivity contribution < 1.29 is 0 Å². The van der Waals surface area contributed by atoms with Gasteiger partial charge in [0.2, 0.25) is 0 Å². The van der Waals surface area contributed by atoms with E-state index in [9.17, 15) is 0 Å². The molecule has 2 heteroatoms. The number of unbranched alkanes of at least 4 members (excludes halogenated alkanes) is 2. The van der Waals surface area contributed by atoms with Crippen molar-refractivity contribution >= 4 is 0 Å². The van der Waals surface area contributed by atoms with Crippen LogP contribution in [0, 0.1) is 0 Å². The standard InChI is InChI=1S/C14H32N2/c1-5-9-11-16(12-10-6-2)14-13-15(7-3)8-4/h5-14H2,1-4H3. The van der Waals surface area contributed by atoms with Crippen LogP contribution in [0.3, 0.4) is 0 Å². The van der Waals surface area contributed by atoms with Crippen LogP contribution in [0.5, 0.6) is 0 Å². The second-order valence-corrected chi connectivity index (χ2v) is 4.58. The van der Waals surface area contributed by atoms with Gasteiger partial charge >= 0.3 is 0 Å². The van der Waals surface area contributed by atoms with Crippen molar-refractivity contribution in [3.63, 3.8) is 0 Å². The van der Waals surface area contributed by atoms with Gasteiger partial charge in [-0.25, -0.2) is 0 Å². The zero-order valence-corrected chi connectivity index (χ0v) is 12.0. The molecule has 0 rings (SSSR count). The van der Waals surface area contributed by atoms with Crippen LogP contribution in [-0.4, -0.2) is 49.1 Å². The van der Waals surface area contributed by atoms with Crippen molar-refractivity contribution in [3.05, 3.63) is 0 Å². The molecule has 0 aromatic heterocycles. The highest BCUT2D eigenvalue weighted by atomic mass is 15.2. The summed E-state index contributed by atoms with van der Waals surface area (Å²) >= 11 is 0. The number of hydrogen-bond donors (Lipinski definition) is 0. The maximum atomic E-state index is 2.64. The van der Waals surface area contributed by atoms with Gasteiger partial charge in [-0.2, -0.15) is 0 Å². The van der Waals surface area contributed by atoms with Crippen LogP contribution in [0.15, 0.2) is 0 Å². The minimum atomic E-state index is 1.19. The summed E-state index contributed by atoms with van der Waals surface area (Å²) < 4.78 is 0. The number of nitrogens with zero attached hydrogens (tertiary/aromatic N) is 2. The molecule has 0 aromatic carbocycles. The number of rotatable bonds is 11. The highest BCUT2D eigenvalue weighted by Crippen LogP contribution is 2.00. The van der Waals surface area contributed by atoms with Crippen LogP contribution in [0.4, 0.5) is 0 Å². The smallest absolute Gasteiger partial charge is 0.0109 e. The molecular weight excluding hydrogens is 196 g/mol. The van der Waals surface area contributed by atoms with Gasteiger partial charge in [-0.1, -0.05) is 40.5 Å². The van der Waals surface area contributed by atoms with E-state index in [1.807, 2.05) is 0 Å². The Hall–Kier alpha value is -0.0800. The van der Waals surface area contributed by atoms with Crippen molar-refractivity contribution in [2.24, 2.45) is 0 Å². The summed E-state index contributed by atoms with van der Waals surface area (Å²) in [5.74, 6) is 0. The second kappa shape index (κ2) is 11.4. The predicted molar refractivity (Wildman–Crippen MR) is 74.0 cm³/mol. The summed E-state index contributed by atoms with van der Waals surface area (Å²) in [5, 5.41) is 0. The van der Waals surface area contributed by atoms with Gasteiger partial charge in [0.15, 0.2) is 0 Å². The first-order valence-electron chi connectivity index (χ1n) is 7.23. The Morgan fingerprint density at radius 3 is 1.38 bits per heavy atom. The van der Waals surface area contributed by atoms with Gasteiger partial charge < -0.3 is 9.80 Å². The Balaban J connectivity index is 3.79. The molecule has 0 unspecified atom stereocenters. The van der Waals surface area contributed by atoms with Gasteiger partial charge in [0.25, 0.3) is 0 Å². The van der Waals surface area contributed by atoms with Gasteiger partial charge in [-0.05, 0) is 39.0 Å². The maximum Gasteiger partial charge on any atom is 0.0109 e. The van der Waals surface area contributed by atoms with E-state index >= 15 is 0 Å². The van der Waals surface area contributed by atoms with E-state index in [-0.39, 0.29) is 0 Å². The molecule has 0 aliphatic carbocycles. The fraction of sp³-hybridized carbons (Fsp3) is 1.00. The summed E-state index contributed by atoms with van der Waals surface area (Å²) in [6.45, 7) is 16.5. The van der Waals surface area contributed by atoms with Crippen LogP contribution in [0.25, 0.3) is 0 Å². The molecule has 98 valence electrons. The van der Waals surface area contributed by atoms with E-state index in [4.69, 9.17) is 0 Å². The van der Waals surface area contributed by atoms with Gasteiger partial charge in [-0.3, -0.25) is 0 Å². The lowest BCUT2D eigenvalue weighted by Crippen LogP contribution is -2.36. The average molecular weight is 228 g/mol. The minimum Gasteiger partial charge on any atom is -0.303 e. The zero-order chi connectivity index (χ0) is 12.2. The molecule has 0 atom stereocenters. The molecule has 0 saturated heterocycles. The van der Waals surface area contributed by atoms with Crippen molar-refractivity contribution in [2.75, 3.05) is 39.3 Å². The summed E-state index contributed by atoms with van der Waals surface area (Å²) in [6, 6.07) is 0. The van der Waals surface area contributed by atoms with Crippen molar-refractivity contribution in [2.45, 2.75) is 53.4 Å². The molecule has 0 saturated carbocycles. The van der Waals surface area contributed by atoms with Crippen LogP contribution >= 0.6 is 0 Å². The van der Waals surface area contributed by atoms with Crippen LogP contribution in [-0.2, 0) is 0 Å². The quantitative estimate of drug-likeness (QED) is 0.536. The van der Waals surface area contributed by atoms with Crippen LogP contribution < -0.4 is 0 Å². The Bertz CT molecular complexity index is 125. The minimum absolute atomic E-state index is 1.19. The average Bonchev–Trinajstić information content (AvgIpc) is 2.32. The Morgan fingerprint density at radius 1 is 0.562 bits per heavy atom. The lowest BCUT2D eigenvalue weighted by atomic mass is 10.2. The molecule has 16 heavy (non-hydrogen) atoms. The van der Waals surface area contributed by atoms with Crippen LogP contribution in [0.1, 0.15) is 53.4 Å². The maximum absolute atomic E-state index is 2.64. The van der Waals surface area contributed by atoms with Gasteiger partial charge in [0.1, 0.15) is 0 Å². The normalized spacial score (nSPS) is 11.6. The fourth-order valence-electron chi connectivity index (χ4n) is 1.92. The number of hydrogen-bond acceptors (Lipinski definition) is 2. The first-order valence-corrected chi connectivity index (χ1v) is 7.23. The van der Waals surface area contributed by atoms with E-state index in [0.717, 1.165) is 0 Å². The summed E-state index contributed by atoms with van der Waals surface area (Å²) in [7, 11) is 0. The summed E-state index contributed by atoms with van der Waals surface area (Å²) in [4.78, 5) is 5.16. The molecule has 0 radical (unpaired) electrons. The Morgan fingerprint density at radius 2 is 1.00 bits per heavy atom. The monoisotopic (exact) mass is 228 g/mol. The molecule has 0 aliphatic rings. The predicted octanol–water partition coefficient (Wildman–Crippen LogP) is 3.23. The molecule has 0 heterocycles. The van der Waals surface area contributed by atoms with E-state index in [2.05, 4.69) is 37.5 Å². The molecular formula is C14H32N2. The molecule has 2 nitrogen and oxygen atoms in total. The number of likely N-dealkylation sites (N-methyl/N-ethyl adjacent to an activating group) is 1. The van der Waals surface area contributed by atoms with E-state index < -0.39 is 0 Å². The van der Waals surface area contributed by atoms with E-state index in [1.54, 1.807) is 0 Å². The largest absolute Gasteiger partial charge is 0.303 e. The third kappa shape index (κ3) is 8.12.